The number of hydrogen-bond acceptors (Lipinski definition) is 3. The van der Waals surface area contributed by atoms with Crippen molar-refractivity contribution in [1.82, 2.24) is 15.5 Å². The van der Waals surface area contributed by atoms with Gasteiger partial charge in [0.2, 0.25) is 0 Å². The second-order valence-electron chi connectivity index (χ2n) is 6.05. The van der Waals surface area contributed by atoms with Gasteiger partial charge in [0.1, 0.15) is 0 Å². The van der Waals surface area contributed by atoms with Gasteiger partial charge in [-0.15, -0.1) is 35.3 Å². The molecule has 4 nitrogen and oxygen atoms in total. The van der Waals surface area contributed by atoms with E-state index in [0.29, 0.717) is 12.6 Å². The Kier molecular flexibility index (Phi) is 10.1. The highest BCUT2D eigenvalue weighted by molar-refractivity contribution is 14.0. The molecule has 2 aromatic rings. The topological polar surface area (TPSA) is 39.7 Å². The van der Waals surface area contributed by atoms with E-state index in [0.717, 1.165) is 19.0 Å². The highest BCUT2D eigenvalue weighted by Gasteiger charge is 2.14. The summed E-state index contributed by atoms with van der Waals surface area (Å²) in [5.41, 5.74) is 2.60. The van der Waals surface area contributed by atoms with Crippen LogP contribution in [0, 0.1) is 6.92 Å². The maximum absolute atomic E-state index is 4.68. The number of aryl methyl sites for hydroxylation is 1. The fraction of sp³-hybridized carbons (Fsp3) is 0.421. The molecule has 25 heavy (non-hydrogen) atoms. The Bertz CT molecular complexity index is 623. The summed E-state index contributed by atoms with van der Waals surface area (Å²) in [5.74, 6) is 0.866. The third-order valence-corrected chi connectivity index (χ3v) is 4.73. The third kappa shape index (κ3) is 7.33. The number of thiophene rings is 1. The van der Waals surface area contributed by atoms with Crippen molar-refractivity contribution in [3.8, 4) is 0 Å². The molecule has 0 radical (unpaired) electrons. The maximum atomic E-state index is 4.68. The molecule has 0 fully saturated rings. The number of halogens is 1. The Morgan fingerprint density at radius 1 is 1.16 bits per heavy atom. The summed E-state index contributed by atoms with van der Waals surface area (Å²) in [6.45, 7) is 6.59. The minimum absolute atomic E-state index is 0. The molecule has 1 aromatic heterocycles. The summed E-state index contributed by atoms with van der Waals surface area (Å²) in [6.07, 6.45) is 0. The highest BCUT2D eigenvalue weighted by atomic mass is 127. The summed E-state index contributed by atoms with van der Waals surface area (Å²) in [7, 11) is 4.23. The molecule has 2 N–H and O–H groups in total. The minimum atomic E-state index is 0. The zero-order valence-electron chi connectivity index (χ0n) is 15.5. The minimum Gasteiger partial charge on any atom is -0.357 e. The van der Waals surface area contributed by atoms with Crippen LogP contribution >= 0.6 is 35.3 Å². The van der Waals surface area contributed by atoms with Crippen molar-refractivity contribution in [2.45, 2.75) is 26.4 Å². The molecular weight excluding hydrogens is 443 g/mol. The van der Waals surface area contributed by atoms with Crippen molar-refractivity contribution in [2.75, 3.05) is 27.2 Å². The first-order valence-corrected chi connectivity index (χ1v) is 9.25. The van der Waals surface area contributed by atoms with Crippen LogP contribution in [0.5, 0.6) is 0 Å². The summed E-state index contributed by atoms with van der Waals surface area (Å²) >= 11 is 1.74. The van der Waals surface area contributed by atoms with E-state index in [1.165, 1.54) is 16.0 Å². The van der Waals surface area contributed by atoms with Crippen LogP contribution in [0.25, 0.3) is 0 Å². The van der Waals surface area contributed by atoms with Gasteiger partial charge in [-0.05, 0) is 45.0 Å². The molecular formula is C19H29IN4S. The van der Waals surface area contributed by atoms with Gasteiger partial charge in [0, 0.05) is 18.0 Å². The average molecular weight is 472 g/mol. The van der Waals surface area contributed by atoms with Crippen molar-refractivity contribution in [1.29, 1.82) is 0 Å². The number of aliphatic imine (C=N–C) groups is 1. The number of benzene rings is 1. The molecule has 2 rings (SSSR count). The van der Waals surface area contributed by atoms with E-state index in [-0.39, 0.29) is 24.0 Å². The van der Waals surface area contributed by atoms with E-state index in [1.807, 2.05) is 0 Å². The fourth-order valence-electron chi connectivity index (χ4n) is 2.48. The van der Waals surface area contributed by atoms with E-state index in [1.54, 1.807) is 11.3 Å². The normalized spacial score (nSPS) is 12.6. The number of likely N-dealkylation sites (N-methyl/N-ethyl adjacent to an activating group) is 1. The van der Waals surface area contributed by atoms with Crippen molar-refractivity contribution < 1.29 is 0 Å². The highest BCUT2D eigenvalue weighted by Crippen LogP contribution is 2.18. The molecule has 1 unspecified atom stereocenters. The van der Waals surface area contributed by atoms with Gasteiger partial charge in [0.25, 0.3) is 0 Å². The Labute approximate surface area is 172 Å². The molecule has 0 aliphatic rings. The van der Waals surface area contributed by atoms with Crippen LogP contribution in [-0.2, 0) is 6.54 Å². The molecule has 0 spiro atoms. The van der Waals surface area contributed by atoms with Crippen molar-refractivity contribution in [3.63, 3.8) is 0 Å². The second kappa shape index (κ2) is 11.5. The molecule has 138 valence electrons. The van der Waals surface area contributed by atoms with Crippen molar-refractivity contribution in [2.24, 2.45) is 4.99 Å². The average Bonchev–Trinajstić information content (AvgIpc) is 3.07. The van der Waals surface area contributed by atoms with Gasteiger partial charge < -0.3 is 15.5 Å². The van der Waals surface area contributed by atoms with Gasteiger partial charge in [0.15, 0.2) is 5.96 Å². The quantitative estimate of drug-likeness (QED) is 0.363. The summed E-state index contributed by atoms with van der Waals surface area (Å²) in [5, 5.41) is 8.89. The van der Waals surface area contributed by atoms with Crippen LogP contribution < -0.4 is 10.6 Å². The summed E-state index contributed by atoms with van der Waals surface area (Å²) in [6, 6.07) is 13.2. The fourth-order valence-corrected chi connectivity index (χ4v) is 3.11. The molecule has 1 atom stereocenters. The van der Waals surface area contributed by atoms with Gasteiger partial charge in [-0.1, -0.05) is 35.9 Å². The number of nitrogens with one attached hydrogen (secondary N) is 2. The molecule has 0 aliphatic heterocycles. The summed E-state index contributed by atoms with van der Waals surface area (Å²) < 4.78 is 0. The largest absolute Gasteiger partial charge is 0.357 e. The van der Waals surface area contributed by atoms with Gasteiger partial charge in [-0.3, -0.25) is 0 Å². The predicted molar refractivity (Wildman–Crippen MR) is 120 cm³/mol. The molecule has 6 heteroatoms. The van der Waals surface area contributed by atoms with E-state index in [4.69, 9.17) is 0 Å². The van der Waals surface area contributed by atoms with E-state index < -0.39 is 0 Å². The van der Waals surface area contributed by atoms with E-state index >= 15 is 0 Å². The Morgan fingerprint density at radius 3 is 2.44 bits per heavy atom. The lowest BCUT2D eigenvalue weighted by Gasteiger charge is -2.26. The number of rotatable bonds is 7. The van der Waals surface area contributed by atoms with Gasteiger partial charge in [0.05, 0.1) is 12.6 Å². The zero-order chi connectivity index (χ0) is 17.4. The number of hydrogen-bond donors (Lipinski definition) is 2. The van der Waals surface area contributed by atoms with Crippen LogP contribution in [0.4, 0.5) is 0 Å². The lowest BCUT2D eigenvalue weighted by Crippen LogP contribution is -2.41. The van der Waals surface area contributed by atoms with Gasteiger partial charge in [-0.25, -0.2) is 4.99 Å². The van der Waals surface area contributed by atoms with Gasteiger partial charge >= 0.3 is 0 Å². The Hall–Kier alpha value is -1.12. The standard InChI is InChI=1S/C19H28N4S.HI/c1-5-20-19(21-13-17-7-6-12-24-17)22-14-18(23(3)4)16-10-8-15(2)9-11-16;/h6-12,18H,5,13-14H2,1-4H3,(H2,20,21,22);1H. The van der Waals surface area contributed by atoms with E-state index in [2.05, 4.69) is 90.2 Å². The predicted octanol–water partition coefficient (Wildman–Crippen LogP) is 4.03. The van der Waals surface area contributed by atoms with Crippen LogP contribution in [0.1, 0.15) is 29.0 Å². The molecule has 1 heterocycles. The molecule has 0 amide bonds. The number of nitrogens with zero attached hydrogens (tertiary/aromatic N) is 2. The Balaban J connectivity index is 0.00000312. The summed E-state index contributed by atoms with van der Waals surface area (Å²) in [4.78, 5) is 8.19. The van der Waals surface area contributed by atoms with E-state index in [9.17, 15) is 0 Å². The van der Waals surface area contributed by atoms with Crippen LogP contribution in [0.2, 0.25) is 0 Å². The monoisotopic (exact) mass is 472 g/mol. The second-order valence-corrected chi connectivity index (χ2v) is 7.08. The maximum Gasteiger partial charge on any atom is 0.191 e. The van der Waals surface area contributed by atoms with Crippen molar-refractivity contribution in [3.05, 3.63) is 57.8 Å². The zero-order valence-corrected chi connectivity index (χ0v) is 18.6. The SMILES string of the molecule is CCNC(=NCc1cccs1)NCC(c1ccc(C)cc1)N(C)C.I. The molecule has 0 bridgehead atoms. The van der Waals surface area contributed by atoms with Crippen LogP contribution in [0.3, 0.4) is 0 Å². The lowest BCUT2D eigenvalue weighted by atomic mass is 10.0. The third-order valence-electron chi connectivity index (χ3n) is 3.87. The first-order valence-electron chi connectivity index (χ1n) is 8.37. The molecule has 0 aliphatic carbocycles. The van der Waals surface area contributed by atoms with Crippen LogP contribution in [-0.4, -0.2) is 38.0 Å². The van der Waals surface area contributed by atoms with Gasteiger partial charge in [-0.2, -0.15) is 0 Å². The first-order chi connectivity index (χ1) is 11.6. The van der Waals surface area contributed by atoms with Crippen LogP contribution in [0.15, 0.2) is 46.8 Å². The lowest BCUT2D eigenvalue weighted by molar-refractivity contribution is 0.298. The van der Waals surface area contributed by atoms with Crippen molar-refractivity contribution >= 4 is 41.3 Å². The molecule has 0 saturated carbocycles. The molecule has 0 saturated heterocycles. The molecule has 1 aromatic carbocycles. The Morgan fingerprint density at radius 2 is 1.88 bits per heavy atom. The number of guanidine groups is 1. The first kappa shape index (κ1) is 21.9. The smallest absolute Gasteiger partial charge is 0.191 e.